The number of hydrogen-bond acceptors (Lipinski definition) is 2. The number of thioether (sulfide) groups is 1. The minimum Gasteiger partial charge on any atom is -0.242 e. The van der Waals surface area contributed by atoms with E-state index in [0.29, 0.717) is 0 Å². The number of hydrogen-bond donors (Lipinski definition) is 0. The van der Waals surface area contributed by atoms with E-state index in [1.165, 1.54) is 27.8 Å². The molecule has 0 saturated heterocycles. The van der Waals surface area contributed by atoms with Crippen molar-refractivity contribution < 1.29 is 0 Å². The van der Waals surface area contributed by atoms with Crippen molar-refractivity contribution >= 4 is 22.5 Å². The zero-order valence-corrected chi connectivity index (χ0v) is 17.5. The van der Waals surface area contributed by atoms with Crippen LogP contribution < -0.4 is 0 Å². The molecule has 0 amide bonds. The molecule has 0 N–H and O–H groups in total. The van der Waals surface area contributed by atoms with Gasteiger partial charge in [0.25, 0.3) is 0 Å². The predicted octanol–water partition coefficient (Wildman–Crippen LogP) is 7.36. The zero-order valence-electron chi connectivity index (χ0n) is 16.6. The average Bonchev–Trinajstić information content (AvgIpc) is 2.70. The second-order valence-corrected chi connectivity index (χ2v) is 8.80. The molecule has 1 aliphatic heterocycles. The molecule has 140 valence electrons. The van der Waals surface area contributed by atoms with Gasteiger partial charge in [-0.3, -0.25) is 0 Å². The average molecular weight is 384 g/mol. The third kappa shape index (κ3) is 3.70. The molecule has 28 heavy (non-hydrogen) atoms. The quantitative estimate of drug-likeness (QED) is 0.460. The van der Waals surface area contributed by atoms with Crippen molar-refractivity contribution in [3.8, 4) is 0 Å². The maximum absolute atomic E-state index is 5.08. The van der Waals surface area contributed by atoms with E-state index < -0.39 is 0 Å². The summed E-state index contributed by atoms with van der Waals surface area (Å²) in [7, 11) is 0. The minimum absolute atomic E-state index is 0.153. The highest BCUT2D eigenvalue weighted by Crippen LogP contribution is 2.50. The smallest absolute Gasteiger partial charge is 0.100 e. The largest absolute Gasteiger partial charge is 0.242 e. The lowest BCUT2D eigenvalue weighted by atomic mass is 9.86. The molecule has 0 aromatic heterocycles. The van der Waals surface area contributed by atoms with Gasteiger partial charge in [0.1, 0.15) is 5.04 Å². The Hall–Kier alpha value is -2.58. The van der Waals surface area contributed by atoms with Gasteiger partial charge in [0, 0.05) is 0 Å². The van der Waals surface area contributed by atoms with E-state index in [0.717, 1.165) is 17.2 Å². The van der Waals surface area contributed by atoms with Crippen LogP contribution in [0.2, 0.25) is 0 Å². The summed E-state index contributed by atoms with van der Waals surface area (Å²) < 4.78 is -0.153. The third-order valence-corrected chi connectivity index (χ3v) is 6.81. The van der Waals surface area contributed by atoms with Crippen LogP contribution in [0.4, 0.5) is 5.69 Å². The number of nitrogens with zero attached hydrogens (tertiary/aromatic N) is 1. The fraction of sp³-hybridized carbons (Fsp3) is 0.192. The highest BCUT2D eigenvalue weighted by molar-refractivity contribution is 8.15. The van der Waals surface area contributed by atoms with Crippen LogP contribution in [0.1, 0.15) is 35.6 Å². The summed E-state index contributed by atoms with van der Waals surface area (Å²) in [6, 6.07) is 28.2. The Morgan fingerprint density at radius 3 is 1.82 bits per heavy atom. The molecular weight excluding hydrogens is 358 g/mol. The minimum atomic E-state index is -0.153. The number of benzene rings is 3. The lowest BCUT2D eigenvalue weighted by Gasteiger charge is -2.37. The second kappa shape index (κ2) is 7.81. The van der Waals surface area contributed by atoms with E-state index in [-0.39, 0.29) is 4.75 Å². The van der Waals surface area contributed by atoms with Gasteiger partial charge < -0.3 is 0 Å². The Balaban J connectivity index is 1.84. The van der Waals surface area contributed by atoms with Gasteiger partial charge in [0.2, 0.25) is 0 Å². The number of aryl methyl sites for hydroxylation is 2. The Bertz CT molecular complexity index is 973. The Kier molecular flexibility index (Phi) is 5.23. The van der Waals surface area contributed by atoms with Crippen LogP contribution in [0.3, 0.4) is 0 Å². The van der Waals surface area contributed by atoms with Crippen LogP contribution in [0, 0.1) is 13.8 Å². The van der Waals surface area contributed by atoms with Crippen molar-refractivity contribution in [2.24, 2.45) is 4.99 Å². The van der Waals surface area contributed by atoms with Gasteiger partial charge in [-0.05, 0) is 67.2 Å². The fourth-order valence-electron chi connectivity index (χ4n) is 3.85. The first-order valence-electron chi connectivity index (χ1n) is 9.71. The molecule has 0 spiro atoms. The van der Waals surface area contributed by atoms with Crippen molar-refractivity contribution in [1.29, 1.82) is 0 Å². The molecule has 3 aromatic rings. The van der Waals surface area contributed by atoms with Crippen molar-refractivity contribution in [2.45, 2.75) is 31.9 Å². The third-order valence-electron chi connectivity index (χ3n) is 5.22. The van der Waals surface area contributed by atoms with Crippen molar-refractivity contribution in [2.75, 3.05) is 0 Å². The summed E-state index contributed by atoms with van der Waals surface area (Å²) in [4.78, 5) is 5.08. The maximum atomic E-state index is 5.08. The van der Waals surface area contributed by atoms with Gasteiger partial charge in [-0.2, -0.15) is 0 Å². The molecule has 1 nitrogen and oxygen atoms in total. The SMILES string of the molecule is CC1=CCC(c2ccccc2)(c2ccccc2)SC1=Nc1cc(C)cc(C)c1. The Morgan fingerprint density at radius 2 is 1.29 bits per heavy atom. The van der Waals surface area contributed by atoms with Gasteiger partial charge in [0.05, 0.1) is 10.4 Å². The molecule has 0 unspecified atom stereocenters. The molecule has 1 aliphatic rings. The first-order chi connectivity index (χ1) is 13.6. The summed E-state index contributed by atoms with van der Waals surface area (Å²) in [6.45, 7) is 6.44. The second-order valence-electron chi connectivity index (χ2n) is 7.52. The zero-order chi connectivity index (χ0) is 19.6. The van der Waals surface area contributed by atoms with Crippen LogP contribution in [0.25, 0.3) is 0 Å². The van der Waals surface area contributed by atoms with Gasteiger partial charge in [-0.25, -0.2) is 4.99 Å². The first-order valence-corrected chi connectivity index (χ1v) is 10.5. The topological polar surface area (TPSA) is 12.4 Å². The highest BCUT2D eigenvalue weighted by Gasteiger charge is 2.38. The van der Waals surface area contributed by atoms with Gasteiger partial charge in [0.15, 0.2) is 0 Å². The Morgan fingerprint density at radius 1 is 0.750 bits per heavy atom. The molecule has 2 heteroatoms. The molecule has 0 saturated carbocycles. The van der Waals surface area contributed by atoms with E-state index in [1.54, 1.807) is 0 Å². The molecule has 0 radical (unpaired) electrons. The van der Waals surface area contributed by atoms with E-state index in [4.69, 9.17) is 4.99 Å². The van der Waals surface area contributed by atoms with E-state index in [2.05, 4.69) is 106 Å². The van der Waals surface area contributed by atoms with Crippen LogP contribution in [0.5, 0.6) is 0 Å². The van der Waals surface area contributed by atoms with Crippen molar-refractivity contribution in [3.63, 3.8) is 0 Å². The molecule has 0 atom stereocenters. The summed E-state index contributed by atoms with van der Waals surface area (Å²) in [5, 5.41) is 1.10. The molecule has 0 fully saturated rings. The standard InChI is InChI=1S/C26H25NS/c1-19-16-20(2)18-24(17-19)27-25-21(3)14-15-26(28-25,22-10-6-4-7-11-22)23-12-8-5-9-13-23/h4-14,16-18H,15H2,1-3H3. The van der Waals surface area contributed by atoms with E-state index >= 15 is 0 Å². The lowest BCUT2D eigenvalue weighted by molar-refractivity contribution is 0.754. The predicted molar refractivity (Wildman–Crippen MR) is 123 cm³/mol. The Labute approximate surface area is 172 Å². The number of aliphatic imine (C=N–C) groups is 1. The summed E-state index contributed by atoms with van der Waals surface area (Å²) >= 11 is 1.88. The van der Waals surface area contributed by atoms with Crippen LogP contribution >= 0.6 is 11.8 Å². The number of allylic oxidation sites excluding steroid dienone is 1. The van der Waals surface area contributed by atoms with Crippen LogP contribution in [-0.2, 0) is 4.75 Å². The van der Waals surface area contributed by atoms with Gasteiger partial charge >= 0.3 is 0 Å². The molecule has 1 heterocycles. The summed E-state index contributed by atoms with van der Waals surface area (Å²) in [5.41, 5.74) is 7.43. The molecule has 3 aromatic carbocycles. The van der Waals surface area contributed by atoms with Gasteiger partial charge in [-0.15, -0.1) is 0 Å². The van der Waals surface area contributed by atoms with Crippen LogP contribution in [0.15, 0.2) is 95.5 Å². The molecule has 0 bridgehead atoms. The van der Waals surface area contributed by atoms with Crippen molar-refractivity contribution in [3.05, 3.63) is 113 Å². The number of rotatable bonds is 3. The summed E-state index contributed by atoms with van der Waals surface area (Å²) in [5.74, 6) is 0. The normalized spacial score (nSPS) is 17.4. The highest BCUT2D eigenvalue weighted by atomic mass is 32.2. The molecule has 4 rings (SSSR count). The maximum Gasteiger partial charge on any atom is 0.100 e. The fourth-order valence-corrected chi connectivity index (χ4v) is 5.25. The van der Waals surface area contributed by atoms with Crippen molar-refractivity contribution in [1.82, 2.24) is 0 Å². The van der Waals surface area contributed by atoms with Gasteiger partial charge in [-0.1, -0.05) is 84.6 Å². The molecule has 0 aliphatic carbocycles. The first kappa shape index (κ1) is 18.8. The van der Waals surface area contributed by atoms with E-state index in [9.17, 15) is 0 Å². The van der Waals surface area contributed by atoms with E-state index in [1.807, 2.05) is 11.8 Å². The monoisotopic (exact) mass is 383 g/mol. The summed E-state index contributed by atoms with van der Waals surface area (Å²) in [6.07, 6.45) is 3.31. The van der Waals surface area contributed by atoms with Crippen LogP contribution in [-0.4, -0.2) is 5.04 Å². The lowest BCUT2D eigenvalue weighted by Crippen LogP contribution is -2.28. The molecular formula is C26H25NS.